The maximum atomic E-state index is 13.0. The lowest BCUT2D eigenvalue weighted by Gasteiger charge is -2.33. The zero-order valence-corrected chi connectivity index (χ0v) is 17.2. The second-order valence-electron chi connectivity index (χ2n) is 7.60. The minimum Gasteiger partial charge on any atom is -0.350 e. The van der Waals surface area contributed by atoms with E-state index in [0.29, 0.717) is 30.9 Å². The van der Waals surface area contributed by atoms with Crippen molar-refractivity contribution in [2.75, 3.05) is 6.54 Å². The van der Waals surface area contributed by atoms with Gasteiger partial charge in [0.1, 0.15) is 5.82 Å². The average molecular weight is 403 g/mol. The van der Waals surface area contributed by atoms with Gasteiger partial charge in [-0.2, -0.15) is 0 Å². The molecule has 1 aliphatic rings. The minimum atomic E-state index is -0.155. The number of benzene rings is 1. The van der Waals surface area contributed by atoms with E-state index in [1.807, 2.05) is 72.0 Å². The molecule has 3 aromatic rings. The highest BCUT2D eigenvalue weighted by atomic mass is 16.2. The molecule has 1 aromatic carbocycles. The van der Waals surface area contributed by atoms with E-state index in [4.69, 9.17) is 0 Å². The van der Waals surface area contributed by atoms with Gasteiger partial charge in [-0.05, 0) is 38.1 Å². The number of amides is 2. The van der Waals surface area contributed by atoms with Gasteiger partial charge < -0.3 is 14.8 Å². The van der Waals surface area contributed by atoms with Crippen molar-refractivity contribution >= 4 is 11.8 Å². The lowest BCUT2D eigenvalue weighted by molar-refractivity contribution is -0.120. The summed E-state index contributed by atoms with van der Waals surface area (Å²) in [6.07, 6.45) is 3.82. The number of nitrogens with one attached hydrogen (secondary N) is 1. The van der Waals surface area contributed by atoms with Gasteiger partial charge in [-0.3, -0.25) is 14.6 Å². The highest BCUT2D eigenvalue weighted by Gasteiger charge is 2.30. The minimum absolute atomic E-state index is 0.00936. The largest absolute Gasteiger partial charge is 0.350 e. The van der Waals surface area contributed by atoms with Crippen LogP contribution in [0.3, 0.4) is 0 Å². The van der Waals surface area contributed by atoms with Crippen molar-refractivity contribution in [2.24, 2.45) is 0 Å². The van der Waals surface area contributed by atoms with Crippen LogP contribution in [0.2, 0.25) is 0 Å². The van der Waals surface area contributed by atoms with Crippen molar-refractivity contribution < 1.29 is 9.59 Å². The Hall–Kier alpha value is -3.48. The summed E-state index contributed by atoms with van der Waals surface area (Å²) in [5, 5.41) is 2.88. The first-order valence-electron chi connectivity index (χ1n) is 10.1. The summed E-state index contributed by atoms with van der Waals surface area (Å²) < 4.78 is 2.05. The van der Waals surface area contributed by atoms with E-state index < -0.39 is 0 Å². The Morgan fingerprint density at radius 3 is 2.77 bits per heavy atom. The number of aryl methyl sites for hydroxylation is 1. The third kappa shape index (κ3) is 4.25. The average Bonchev–Trinajstić information content (AvgIpc) is 3.16. The number of hydrogen-bond donors (Lipinski definition) is 1. The standard InChI is InChI=1S/C23H25N5O2/c1-16-6-5-7-18(12-16)23(30)28-11-10-27-15-20(26-22(27)17(28)2)13-21(29)25-14-19-8-3-4-9-24-19/h3-9,12,15,17H,10-11,13-14H2,1-2H3,(H,25,29)/t17-/m1/s1. The highest BCUT2D eigenvalue weighted by Crippen LogP contribution is 2.26. The second kappa shape index (κ2) is 8.49. The molecular weight excluding hydrogens is 378 g/mol. The van der Waals surface area contributed by atoms with Crippen LogP contribution in [0.1, 0.15) is 46.1 Å². The zero-order chi connectivity index (χ0) is 21.1. The molecule has 0 unspecified atom stereocenters. The molecule has 4 rings (SSSR count). The molecule has 1 aliphatic heterocycles. The monoisotopic (exact) mass is 403 g/mol. The third-order valence-electron chi connectivity index (χ3n) is 5.34. The first-order chi connectivity index (χ1) is 14.5. The fraction of sp³-hybridized carbons (Fsp3) is 0.304. The molecule has 0 saturated heterocycles. The van der Waals surface area contributed by atoms with Crippen molar-refractivity contribution in [3.63, 3.8) is 0 Å². The predicted molar refractivity (Wildman–Crippen MR) is 113 cm³/mol. The summed E-state index contributed by atoms with van der Waals surface area (Å²) in [4.78, 5) is 36.0. The van der Waals surface area contributed by atoms with E-state index in [0.717, 1.165) is 17.1 Å². The van der Waals surface area contributed by atoms with E-state index in [2.05, 4.69) is 15.3 Å². The lowest BCUT2D eigenvalue weighted by Crippen LogP contribution is -2.41. The summed E-state index contributed by atoms with van der Waals surface area (Å²) in [6.45, 7) is 5.63. The Bertz CT molecular complexity index is 1060. The number of fused-ring (bicyclic) bond motifs is 1. The van der Waals surface area contributed by atoms with Crippen LogP contribution in [0.4, 0.5) is 0 Å². The molecule has 0 saturated carbocycles. The fourth-order valence-corrected chi connectivity index (χ4v) is 3.77. The summed E-state index contributed by atoms with van der Waals surface area (Å²) in [5.41, 5.74) is 3.27. The number of pyridine rings is 1. The number of rotatable bonds is 5. The third-order valence-corrected chi connectivity index (χ3v) is 5.34. The van der Waals surface area contributed by atoms with Gasteiger partial charge in [0.2, 0.25) is 5.91 Å². The van der Waals surface area contributed by atoms with Gasteiger partial charge in [0, 0.05) is 31.0 Å². The SMILES string of the molecule is Cc1cccc(C(=O)N2CCn3cc(CC(=O)NCc4ccccn4)nc3[C@H]2C)c1. The zero-order valence-electron chi connectivity index (χ0n) is 17.2. The van der Waals surface area contributed by atoms with Crippen molar-refractivity contribution in [1.29, 1.82) is 0 Å². The second-order valence-corrected chi connectivity index (χ2v) is 7.60. The smallest absolute Gasteiger partial charge is 0.254 e. The van der Waals surface area contributed by atoms with Crippen LogP contribution in [0.15, 0.2) is 54.9 Å². The van der Waals surface area contributed by atoms with Gasteiger partial charge in [-0.1, -0.05) is 23.8 Å². The number of hydrogen-bond acceptors (Lipinski definition) is 4. The summed E-state index contributed by atoms with van der Waals surface area (Å²) in [5.74, 6) is 0.723. The number of carbonyl (C=O) groups is 2. The van der Waals surface area contributed by atoms with Crippen molar-refractivity contribution in [1.82, 2.24) is 24.8 Å². The normalized spacial score (nSPS) is 15.5. The van der Waals surface area contributed by atoms with Crippen molar-refractivity contribution in [2.45, 2.75) is 39.4 Å². The van der Waals surface area contributed by atoms with Crippen LogP contribution >= 0.6 is 0 Å². The molecule has 0 aliphatic carbocycles. The van der Waals surface area contributed by atoms with Crippen molar-refractivity contribution in [3.8, 4) is 0 Å². The maximum absolute atomic E-state index is 13.0. The number of imidazole rings is 1. The molecule has 7 nitrogen and oxygen atoms in total. The molecule has 2 amide bonds. The molecule has 7 heteroatoms. The summed E-state index contributed by atoms with van der Waals surface area (Å²) >= 11 is 0. The number of carbonyl (C=O) groups excluding carboxylic acids is 2. The topological polar surface area (TPSA) is 80.1 Å². The molecule has 3 heterocycles. The molecule has 0 spiro atoms. The molecule has 2 aromatic heterocycles. The van der Waals surface area contributed by atoms with E-state index in [9.17, 15) is 9.59 Å². The molecule has 0 fully saturated rings. The van der Waals surface area contributed by atoms with Crippen LogP contribution < -0.4 is 5.32 Å². The summed E-state index contributed by atoms with van der Waals surface area (Å²) in [7, 11) is 0. The van der Waals surface area contributed by atoms with Crippen LogP contribution in [-0.2, 0) is 24.3 Å². The van der Waals surface area contributed by atoms with Crippen molar-refractivity contribution in [3.05, 3.63) is 83.2 Å². The van der Waals surface area contributed by atoms with E-state index in [-0.39, 0.29) is 24.3 Å². The van der Waals surface area contributed by atoms with E-state index in [1.54, 1.807) is 6.20 Å². The quantitative estimate of drug-likeness (QED) is 0.710. The number of nitrogens with zero attached hydrogens (tertiary/aromatic N) is 4. The summed E-state index contributed by atoms with van der Waals surface area (Å²) in [6, 6.07) is 13.1. The Kier molecular flexibility index (Phi) is 5.61. The first-order valence-corrected chi connectivity index (χ1v) is 10.1. The molecule has 154 valence electrons. The molecule has 1 atom stereocenters. The van der Waals surface area contributed by atoms with Crippen LogP contribution in [-0.4, -0.2) is 37.8 Å². The van der Waals surface area contributed by atoms with Gasteiger partial charge in [0.25, 0.3) is 5.91 Å². The molecule has 1 N–H and O–H groups in total. The van der Waals surface area contributed by atoms with Crippen LogP contribution in [0.5, 0.6) is 0 Å². The fourth-order valence-electron chi connectivity index (χ4n) is 3.77. The Morgan fingerprint density at radius 2 is 2.00 bits per heavy atom. The molecule has 30 heavy (non-hydrogen) atoms. The van der Waals surface area contributed by atoms with Gasteiger partial charge in [0.15, 0.2) is 0 Å². The lowest BCUT2D eigenvalue weighted by atomic mass is 10.1. The highest BCUT2D eigenvalue weighted by molar-refractivity contribution is 5.94. The van der Waals surface area contributed by atoms with Crippen LogP contribution in [0, 0.1) is 6.92 Å². The number of aromatic nitrogens is 3. The molecular formula is C23H25N5O2. The molecule has 0 radical (unpaired) electrons. The van der Waals surface area contributed by atoms with E-state index in [1.165, 1.54) is 0 Å². The predicted octanol–water partition coefficient (Wildman–Crippen LogP) is 2.66. The Balaban J connectivity index is 1.42. The Morgan fingerprint density at radius 1 is 1.13 bits per heavy atom. The van der Waals surface area contributed by atoms with Crippen LogP contribution in [0.25, 0.3) is 0 Å². The maximum Gasteiger partial charge on any atom is 0.254 e. The van der Waals surface area contributed by atoms with Gasteiger partial charge in [-0.15, -0.1) is 0 Å². The molecule has 0 bridgehead atoms. The van der Waals surface area contributed by atoms with Gasteiger partial charge in [0.05, 0.1) is 30.4 Å². The Labute approximate surface area is 175 Å². The van der Waals surface area contributed by atoms with Gasteiger partial charge in [-0.25, -0.2) is 4.98 Å². The van der Waals surface area contributed by atoms with Gasteiger partial charge >= 0.3 is 0 Å². The van der Waals surface area contributed by atoms with E-state index >= 15 is 0 Å². The first kappa shape index (κ1) is 19.8.